The minimum Gasteiger partial charge on any atom is -0.438 e. The molecule has 0 bridgehead atoms. The maximum atomic E-state index is 14.0. The second kappa shape index (κ2) is 12.6. The third-order valence-corrected chi connectivity index (χ3v) is 6.53. The number of carbonyl (C=O) groups is 2. The van der Waals surface area contributed by atoms with Crippen LogP contribution < -0.4 is 0 Å². The van der Waals surface area contributed by atoms with Gasteiger partial charge in [-0.1, -0.05) is 19.3 Å². The van der Waals surface area contributed by atoms with E-state index in [1.165, 1.54) is 0 Å². The summed E-state index contributed by atoms with van der Waals surface area (Å²) >= 11 is 0. The number of unbranched alkanes of at least 4 members (excludes halogenated alkanes) is 1. The Balaban J connectivity index is 3.30. The molecule has 0 aromatic heterocycles. The summed E-state index contributed by atoms with van der Waals surface area (Å²) in [4.78, 5) is 24.6. The maximum absolute atomic E-state index is 14.0. The van der Waals surface area contributed by atoms with Crippen molar-refractivity contribution in [1.29, 1.82) is 0 Å². The Morgan fingerprint density at radius 2 is 1.29 bits per heavy atom. The van der Waals surface area contributed by atoms with Gasteiger partial charge in [0.15, 0.2) is 0 Å². The van der Waals surface area contributed by atoms with Crippen LogP contribution in [0.3, 0.4) is 0 Å². The number of rotatable bonds is 12. The molecule has 0 aromatic carbocycles. The lowest BCUT2D eigenvalue weighted by Crippen LogP contribution is -2.61. The predicted molar refractivity (Wildman–Crippen MR) is 105 cm³/mol. The van der Waals surface area contributed by atoms with E-state index >= 15 is 0 Å². The molecule has 1 fully saturated rings. The number of alkyl halides is 13. The Kier molecular flexibility index (Phi) is 11.4. The van der Waals surface area contributed by atoms with Gasteiger partial charge in [0.2, 0.25) is 0 Å². The van der Waals surface area contributed by atoms with Gasteiger partial charge in [0, 0.05) is 6.42 Å². The van der Waals surface area contributed by atoms with E-state index in [4.69, 9.17) is 4.55 Å². The molecule has 242 valence electrons. The third-order valence-electron chi connectivity index (χ3n) is 5.58. The van der Waals surface area contributed by atoms with Gasteiger partial charge in [0.05, 0.1) is 12.5 Å². The van der Waals surface area contributed by atoms with E-state index in [0.717, 1.165) is 0 Å². The standard InChI is InChI=1S/C19H21F13O8S/c20-14(21,19(31,32)41(35,36)37)8-4-5-9-38-15(18(28,29)30,40-11(33)10-6-2-1-3-7-10)13(34)39-12(16(22,23)24)17(25,26)27/h10,12H,1-9H2,(H,35,36,37). The first-order valence-electron chi connectivity index (χ1n) is 11.2. The Morgan fingerprint density at radius 1 is 0.805 bits per heavy atom. The first kappa shape index (κ1) is 36.9. The Labute approximate surface area is 222 Å². The number of carbonyl (C=O) groups excluding carboxylic acids is 2. The van der Waals surface area contributed by atoms with E-state index in [1.807, 2.05) is 0 Å². The van der Waals surface area contributed by atoms with Crippen molar-refractivity contribution in [1.82, 2.24) is 0 Å². The Morgan fingerprint density at radius 3 is 1.71 bits per heavy atom. The van der Waals surface area contributed by atoms with Gasteiger partial charge >= 0.3 is 57.5 Å². The lowest BCUT2D eigenvalue weighted by atomic mass is 9.89. The van der Waals surface area contributed by atoms with Crippen LogP contribution in [0.25, 0.3) is 0 Å². The second-order valence-electron chi connectivity index (χ2n) is 8.74. The topological polar surface area (TPSA) is 116 Å². The number of ether oxygens (including phenoxy) is 3. The van der Waals surface area contributed by atoms with Gasteiger partial charge < -0.3 is 14.2 Å². The highest BCUT2D eigenvalue weighted by atomic mass is 32.2. The quantitative estimate of drug-likeness (QED) is 0.0935. The second-order valence-corrected chi connectivity index (χ2v) is 10.2. The summed E-state index contributed by atoms with van der Waals surface area (Å²) < 4.78 is 213. The van der Waals surface area contributed by atoms with Gasteiger partial charge in [-0.05, 0) is 25.7 Å². The van der Waals surface area contributed by atoms with Crippen molar-refractivity contribution in [2.24, 2.45) is 5.92 Å². The molecular weight excluding hydrogens is 635 g/mol. The van der Waals surface area contributed by atoms with E-state index in [-0.39, 0.29) is 25.7 Å². The molecule has 0 radical (unpaired) electrons. The van der Waals surface area contributed by atoms with Crippen molar-refractivity contribution >= 4 is 22.1 Å². The van der Waals surface area contributed by atoms with E-state index < -0.39 is 95.4 Å². The van der Waals surface area contributed by atoms with Crippen molar-refractivity contribution in [2.45, 2.75) is 93.0 Å². The molecule has 1 rings (SSSR count). The molecule has 1 aliphatic rings. The minimum atomic E-state index is -6.68. The zero-order valence-corrected chi connectivity index (χ0v) is 21.0. The first-order chi connectivity index (χ1) is 18.2. The zero-order chi connectivity index (χ0) is 32.3. The van der Waals surface area contributed by atoms with Gasteiger partial charge in [-0.15, -0.1) is 0 Å². The van der Waals surface area contributed by atoms with E-state index in [2.05, 4.69) is 14.2 Å². The monoisotopic (exact) mass is 656 g/mol. The SMILES string of the molecule is O=C(OC(OCCCCC(F)(F)C(F)(F)S(=O)(=O)O)(C(=O)OC(C(F)(F)F)C(F)(F)F)C(F)(F)F)C1CCCCC1. The van der Waals surface area contributed by atoms with Crippen molar-refractivity contribution in [2.75, 3.05) is 6.61 Å². The summed E-state index contributed by atoms with van der Waals surface area (Å²) in [6.07, 6.45) is -28.8. The fourth-order valence-corrected chi connectivity index (χ4v) is 3.93. The van der Waals surface area contributed by atoms with E-state index in [0.29, 0.717) is 6.42 Å². The summed E-state index contributed by atoms with van der Waals surface area (Å²) in [5, 5.41) is -6.07. The maximum Gasteiger partial charge on any atom is 0.468 e. The van der Waals surface area contributed by atoms with Crippen LogP contribution in [0, 0.1) is 5.92 Å². The highest BCUT2D eigenvalue weighted by Gasteiger charge is 2.71. The largest absolute Gasteiger partial charge is 0.468 e. The molecule has 1 aliphatic carbocycles. The molecule has 0 aliphatic heterocycles. The van der Waals surface area contributed by atoms with Crippen molar-refractivity contribution < 1.29 is 93.8 Å². The van der Waals surface area contributed by atoms with Crippen molar-refractivity contribution in [3.05, 3.63) is 0 Å². The van der Waals surface area contributed by atoms with E-state index in [1.54, 1.807) is 0 Å². The van der Waals surface area contributed by atoms with Gasteiger partial charge in [-0.25, -0.2) is 4.79 Å². The third kappa shape index (κ3) is 8.94. The highest BCUT2D eigenvalue weighted by Crippen LogP contribution is 2.43. The van der Waals surface area contributed by atoms with Crippen LogP contribution in [-0.2, 0) is 33.9 Å². The van der Waals surface area contributed by atoms with Gasteiger partial charge in [0.1, 0.15) is 0 Å². The summed E-state index contributed by atoms with van der Waals surface area (Å²) in [6.45, 7) is -1.76. The summed E-state index contributed by atoms with van der Waals surface area (Å²) in [6, 6.07) is 0. The number of halogens is 13. The fraction of sp³-hybridized carbons (Fsp3) is 0.895. The molecule has 0 spiro atoms. The smallest absolute Gasteiger partial charge is 0.438 e. The van der Waals surface area contributed by atoms with Gasteiger partial charge in [-0.2, -0.15) is 65.5 Å². The van der Waals surface area contributed by atoms with Crippen LogP contribution in [0.15, 0.2) is 0 Å². The molecule has 0 heterocycles. The van der Waals surface area contributed by atoms with Gasteiger partial charge in [0.25, 0.3) is 6.10 Å². The van der Waals surface area contributed by atoms with Gasteiger partial charge in [-0.3, -0.25) is 9.35 Å². The average molecular weight is 656 g/mol. The van der Waals surface area contributed by atoms with Crippen LogP contribution in [0.1, 0.15) is 51.4 Å². The molecule has 1 saturated carbocycles. The van der Waals surface area contributed by atoms with E-state index in [9.17, 15) is 75.1 Å². The summed E-state index contributed by atoms with van der Waals surface area (Å²) in [7, 11) is -6.68. The zero-order valence-electron chi connectivity index (χ0n) is 20.1. The minimum absolute atomic E-state index is 0.160. The first-order valence-corrected chi connectivity index (χ1v) is 12.7. The van der Waals surface area contributed by atoms with Crippen LogP contribution in [0.2, 0.25) is 0 Å². The lowest BCUT2D eigenvalue weighted by molar-refractivity contribution is -0.370. The average Bonchev–Trinajstić information content (AvgIpc) is 2.78. The highest BCUT2D eigenvalue weighted by molar-refractivity contribution is 7.87. The molecule has 1 atom stereocenters. The van der Waals surface area contributed by atoms with Crippen LogP contribution >= 0.6 is 0 Å². The van der Waals surface area contributed by atoms with Crippen LogP contribution in [0.4, 0.5) is 57.1 Å². The molecule has 1 N–H and O–H groups in total. The normalized spacial score (nSPS) is 18.2. The summed E-state index contributed by atoms with van der Waals surface area (Å²) in [5.74, 6) is -17.7. The fourth-order valence-electron chi connectivity index (χ4n) is 3.45. The summed E-state index contributed by atoms with van der Waals surface area (Å²) in [5.41, 5.74) is 0. The molecule has 0 amide bonds. The van der Waals surface area contributed by atoms with Crippen LogP contribution in [0.5, 0.6) is 0 Å². The van der Waals surface area contributed by atoms with Crippen LogP contribution in [-0.4, -0.2) is 73.1 Å². The molecule has 0 saturated heterocycles. The Bertz CT molecular complexity index is 1000. The lowest BCUT2D eigenvalue weighted by Gasteiger charge is -2.35. The molecule has 41 heavy (non-hydrogen) atoms. The Hall–Kier alpha value is -2.10. The molecule has 8 nitrogen and oxygen atoms in total. The van der Waals surface area contributed by atoms with Crippen molar-refractivity contribution in [3.8, 4) is 0 Å². The number of esters is 2. The predicted octanol–water partition coefficient (Wildman–Crippen LogP) is 5.71. The molecular formula is C19H21F13O8S. The number of hydrogen-bond acceptors (Lipinski definition) is 7. The molecule has 0 aromatic rings. The molecule has 1 unspecified atom stereocenters. The van der Waals surface area contributed by atoms with Crippen molar-refractivity contribution in [3.63, 3.8) is 0 Å². The number of hydrogen-bond donors (Lipinski definition) is 1. The molecule has 22 heteroatoms.